The van der Waals surface area contributed by atoms with Gasteiger partial charge in [0.15, 0.2) is 0 Å². The van der Waals surface area contributed by atoms with Crippen molar-refractivity contribution in [2.24, 2.45) is 5.73 Å². The van der Waals surface area contributed by atoms with Crippen molar-refractivity contribution >= 4 is 7.85 Å². The molecular weight excluding hydrogens is 181 g/mol. The zero-order valence-corrected chi connectivity index (χ0v) is 8.13. The lowest BCUT2D eigenvalue weighted by atomic mass is 9.81. The van der Waals surface area contributed by atoms with Crippen LogP contribution in [0.5, 0.6) is 0 Å². The highest BCUT2D eigenvalue weighted by Gasteiger charge is 2.38. The molecule has 4 nitrogen and oxygen atoms in total. The van der Waals surface area contributed by atoms with Crippen LogP contribution in [0.2, 0.25) is 5.82 Å². The molecule has 4 atom stereocenters. The average molecular weight is 197 g/mol. The van der Waals surface area contributed by atoms with Crippen LogP contribution in [0, 0.1) is 0 Å². The molecule has 4 unspecified atom stereocenters. The highest BCUT2D eigenvalue weighted by Crippen LogP contribution is 2.28. The van der Waals surface area contributed by atoms with Crippen LogP contribution >= 0.6 is 0 Å². The number of aliphatic hydroxyl groups excluding tert-OH is 1. The molecule has 0 bridgehead atoms. The molecule has 1 aliphatic carbocycles. The smallest absolute Gasteiger partial charge is 0.108 e. The number of nitrogens with two attached hydrogens (primary N) is 1. The molecule has 2 rings (SSSR count). The van der Waals surface area contributed by atoms with Crippen molar-refractivity contribution in [3.05, 3.63) is 0 Å². The molecule has 0 spiro atoms. The van der Waals surface area contributed by atoms with E-state index in [2.05, 4.69) is 0 Å². The molecule has 14 heavy (non-hydrogen) atoms. The zero-order chi connectivity index (χ0) is 10.1. The molecule has 1 heterocycles. The predicted octanol–water partition coefficient (Wildman–Crippen LogP) is -0.443. The lowest BCUT2D eigenvalue weighted by molar-refractivity contribution is -0.0817. The SMILES string of the molecule is [B]C1C(N)OC(COC2CCC2)C1O. The van der Waals surface area contributed by atoms with E-state index in [1.54, 1.807) is 0 Å². The molecule has 1 saturated heterocycles. The molecule has 0 aromatic carbocycles. The molecule has 2 radical (unpaired) electrons. The van der Waals surface area contributed by atoms with Crippen LogP contribution in [-0.4, -0.2) is 44.1 Å². The van der Waals surface area contributed by atoms with Gasteiger partial charge in [0.25, 0.3) is 0 Å². The fourth-order valence-corrected chi connectivity index (χ4v) is 1.72. The minimum atomic E-state index is -0.704. The van der Waals surface area contributed by atoms with Gasteiger partial charge in [-0.15, -0.1) is 0 Å². The summed E-state index contributed by atoms with van der Waals surface area (Å²) in [5, 5.41) is 9.62. The Balaban J connectivity index is 1.74. The van der Waals surface area contributed by atoms with Crippen molar-refractivity contribution in [1.82, 2.24) is 0 Å². The van der Waals surface area contributed by atoms with Gasteiger partial charge in [0, 0.05) is 0 Å². The standard InChI is InChI=1S/C9H16BNO3/c10-7-8(12)6(14-9(7)11)4-13-5-2-1-3-5/h5-9,12H,1-4,11H2. The first-order valence-electron chi connectivity index (χ1n) is 5.15. The minimum absolute atomic E-state index is 0.346. The number of ether oxygens (including phenoxy) is 2. The van der Waals surface area contributed by atoms with Crippen LogP contribution in [-0.2, 0) is 9.47 Å². The van der Waals surface area contributed by atoms with Gasteiger partial charge in [0.1, 0.15) is 12.3 Å². The van der Waals surface area contributed by atoms with Gasteiger partial charge in [-0.1, -0.05) is 0 Å². The van der Waals surface area contributed by atoms with Crippen LogP contribution in [0.15, 0.2) is 0 Å². The summed E-state index contributed by atoms with van der Waals surface area (Å²) in [6.45, 7) is 0.396. The van der Waals surface area contributed by atoms with E-state index in [0.29, 0.717) is 12.7 Å². The summed E-state index contributed by atoms with van der Waals surface area (Å²) in [5.74, 6) is -0.495. The molecule has 2 aliphatic rings. The van der Waals surface area contributed by atoms with Crippen LogP contribution in [0.1, 0.15) is 19.3 Å². The van der Waals surface area contributed by atoms with Crippen molar-refractivity contribution in [3.63, 3.8) is 0 Å². The van der Waals surface area contributed by atoms with E-state index in [1.807, 2.05) is 0 Å². The van der Waals surface area contributed by atoms with Gasteiger partial charge < -0.3 is 20.3 Å². The van der Waals surface area contributed by atoms with Gasteiger partial charge in [-0.25, -0.2) is 0 Å². The fraction of sp³-hybridized carbons (Fsp3) is 1.00. The molecule has 5 heteroatoms. The Labute approximate surface area is 85.2 Å². The molecule has 1 aliphatic heterocycles. The van der Waals surface area contributed by atoms with Crippen molar-refractivity contribution in [1.29, 1.82) is 0 Å². The third-order valence-corrected chi connectivity index (χ3v) is 3.03. The third-order valence-electron chi connectivity index (χ3n) is 3.03. The topological polar surface area (TPSA) is 64.7 Å². The first-order chi connectivity index (χ1) is 6.68. The highest BCUT2D eigenvalue weighted by molar-refractivity contribution is 6.12. The lowest BCUT2D eigenvalue weighted by Crippen LogP contribution is -2.32. The molecule has 0 aromatic rings. The maximum absolute atomic E-state index is 9.62. The maximum atomic E-state index is 9.62. The summed E-state index contributed by atoms with van der Waals surface area (Å²) < 4.78 is 10.8. The maximum Gasteiger partial charge on any atom is 0.108 e. The van der Waals surface area contributed by atoms with E-state index in [9.17, 15) is 5.11 Å². The molecule has 3 N–H and O–H groups in total. The Hall–Kier alpha value is -0.0951. The molecule has 78 valence electrons. The summed E-state index contributed by atoms with van der Waals surface area (Å²) in [4.78, 5) is 0. The predicted molar refractivity (Wildman–Crippen MR) is 52.0 cm³/mol. The van der Waals surface area contributed by atoms with Gasteiger partial charge in [-0.05, 0) is 25.1 Å². The molecular formula is C9H16BNO3. The van der Waals surface area contributed by atoms with Crippen molar-refractivity contribution in [2.45, 2.75) is 49.6 Å². The van der Waals surface area contributed by atoms with Gasteiger partial charge in [0.05, 0.1) is 26.7 Å². The van der Waals surface area contributed by atoms with E-state index < -0.39 is 18.1 Å². The number of rotatable bonds is 3. The van der Waals surface area contributed by atoms with E-state index in [0.717, 1.165) is 12.8 Å². The summed E-state index contributed by atoms with van der Waals surface area (Å²) in [6.07, 6.45) is 2.17. The highest BCUT2D eigenvalue weighted by atomic mass is 16.6. The Bertz CT molecular complexity index is 200. The minimum Gasteiger partial charge on any atom is -0.391 e. The number of hydrogen-bond acceptors (Lipinski definition) is 4. The van der Waals surface area contributed by atoms with Crippen molar-refractivity contribution < 1.29 is 14.6 Å². The largest absolute Gasteiger partial charge is 0.391 e. The Morgan fingerprint density at radius 1 is 1.50 bits per heavy atom. The lowest BCUT2D eigenvalue weighted by Gasteiger charge is -2.27. The van der Waals surface area contributed by atoms with E-state index >= 15 is 0 Å². The van der Waals surface area contributed by atoms with Gasteiger partial charge in [0.2, 0.25) is 0 Å². The second-order valence-electron chi connectivity index (χ2n) is 4.09. The van der Waals surface area contributed by atoms with Crippen LogP contribution in [0.25, 0.3) is 0 Å². The van der Waals surface area contributed by atoms with Crippen LogP contribution < -0.4 is 5.73 Å². The zero-order valence-electron chi connectivity index (χ0n) is 8.13. The second-order valence-corrected chi connectivity index (χ2v) is 4.09. The number of aliphatic hydroxyl groups is 1. The monoisotopic (exact) mass is 197 g/mol. The quantitative estimate of drug-likeness (QED) is 0.602. The van der Waals surface area contributed by atoms with Gasteiger partial charge >= 0.3 is 0 Å². The first-order valence-corrected chi connectivity index (χ1v) is 5.15. The summed E-state index contributed by atoms with van der Waals surface area (Å²) in [5.41, 5.74) is 5.55. The van der Waals surface area contributed by atoms with E-state index in [4.69, 9.17) is 23.1 Å². The van der Waals surface area contributed by atoms with Crippen LogP contribution in [0.3, 0.4) is 0 Å². The Morgan fingerprint density at radius 3 is 2.64 bits per heavy atom. The first kappa shape index (κ1) is 10.4. The molecule has 0 aromatic heterocycles. The number of hydrogen-bond donors (Lipinski definition) is 2. The fourth-order valence-electron chi connectivity index (χ4n) is 1.72. The normalized spacial score (nSPS) is 43.9. The van der Waals surface area contributed by atoms with E-state index in [1.165, 1.54) is 6.42 Å². The Morgan fingerprint density at radius 2 is 2.21 bits per heavy atom. The molecule has 2 fully saturated rings. The van der Waals surface area contributed by atoms with Crippen molar-refractivity contribution in [3.8, 4) is 0 Å². The van der Waals surface area contributed by atoms with Gasteiger partial charge in [-0.2, -0.15) is 0 Å². The molecule has 0 amide bonds. The molecule has 1 saturated carbocycles. The third kappa shape index (κ3) is 1.96. The van der Waals surface area contributed by atoms with Gasteiger partial charge in [-0.3, -0.25) is 0 Å². The summed E-state index contributed by atoms with van der Waals surface area (Å²) >= 11 is 0. The summed E-state index contributed by atoms with van der Waals surface area (Å²) in [6, 6.07) is 0. The Kier molecular flexibility index (Phi) is 3.12. The van der Waals surface area contributed by atoms with E-state index in [-0.39, 0.29) is 6.10 Å². The summed E-state index contributed by atoms with van der Waals surface area (Å²) in [7, 11) is 5.61. The second kappa shape index (κ2) is 4.19. The average Bonchev–Trinajstić information content (AvgIpc) is 2.31. The van der Waals surface area contributed by atoms with Crippen LogP contribution in [0.4, 0.5) is 0 Å². The van der Waals surface area contributed by atoms with Crippen molar-refractivity contribution in [2.75, 3.05) is 6.61 Å².